The molecular weight excluding hydrogens is 498 g/mol. The minimum Gasteiger partial charge on any atom is -0.444 e. The number of β-lactam (4-membered cyclic amide) rings is 1. The van der Waals surface area contributed by atoms with Gasteiger partial charge in [0.05, 0.1) is 23.5 Å². The SMILES string of the molecule is Cc1ccc(S(=O)(=O)OC[C@H]2NC(=O)[C@H]2CC(=O)C(=N)c2nsc(NC(=O)OC(C)(C)C)n2)cc1. The van der Waals surface area contributed by atoms with E-state index < -0.39 is 51.2 Å². The maximum absolute atomic E-state index is 12.6. The third kappa shape index (κ3) is 6.90. The van der Waals surface area contributed by atoms with E-state index in [4.69, 9.17) is 14.3 Å². The van der Waals surface area contributed by atoms with Crippen LogP contribution < -0.4 is 10.6 Å². The van der Waals surface area contributed by atoms with Gasteiger partial charge in [-0.15, -0.1) is 0 Å². The number of Topliss-reactive ketones (excluding diaryl/α,β-unsaturated/α-hetero) is 1. The average molecular weight is 524 g/mol. The molecule has 2 atom stereocenters. The van der Waals surface area contributed by atoms with Crippen LogP contribution in [0.4, 0.5) is 9.93 Å². The van der Waals surface area contributed by atoms with Crippen LogP contribution >= 0.6 is 11.5 Å². The summed E-state index contributed by atoms with van der Waals surface area (Å²) in [5.41, 5.74) is -0.368. The first-order chi connectivity index (χ1) is 16.2. The molecule has 35 heavy (non-hydrogen) atoms. The van der Waals surface area contributed by atoms with Gasteiger partial charge in [0.15, 0.2) is 11.6 Å². The van der Waals surface area contributed by atoms with Crippen LogP contribution in [0, 0.1) is 18.3 Å². The van der Waals surface area contributed by atoms with Gasteiger partial charge in [-0.2, -0.15) is 17.8 Å². The van der Waals surface area contributed by atoms with Crippen LogP contribution in [0.1, 0.15) is 38.6 Å². The fourth-order valence-corrected chi connectivity index (χ4v) is 4.49. The molecule has 1 aliphatic heterocycles. The molecule has 1 aromatic heterocycles. The van der Waals surface area contributed by atoms with Gasteiger partial charge >= 0.3 is 6.09 Å². The van der Waals surface area contributed by atoms with Gasteiger partial charge in [0.1, 0.15) is 11.3 Å². The maximum Gasteiger partial charge on any atom is 0.414 e. The largest absolute Gasteiger partial charge is 0.444 e. The zero-order valence-electron chi connectivity index (χ0n) is 19.4. The standard InChI is InChI=1S/C21H25N5O7S2/c1-11-5-7-12(8-6-11)35(30,31)32-10-14-13(18(28)23-14)9-15(27)16(22)17-24-19(34-26-17)25-20(29)33-21(2,3)4/h5-8,13-14,22H,9-10H2,1-4H3,(H,23,28)(H,24,25,26,29)/t13-,14+/m0/s1. The van der Waals surface area contributed by atoms with E-state index in [9.17, 15) is 22.8 Å². The normalized spacial score (nSPS) is 17.8. The van der Waals surface area contributed by atoms with E-state index in [0.29, 0.717) is 0 Å². The van der Waals surface area contributed by atoms with E-state index in [1.54, 1.807) is 32.9 Å². The number of anilines is 1. The van der Waals surface area contributed by atoms with Gasteiger partial charge in [0.25, 0.3) is 10.1 Å². The van der Waals surface area contributed by atoms with Crippen LogP contribution in [0.3, 0.4) is 0 Å². The van der Waals surface area contributed by atoms with E-state index in [2.05, 4.69) is 20.0 Å². The van der Waals surface area contributed by atoms with Crippen molar-refractivity contribution in [2.75, 3.05) is 11.9 Å². The zero-order valence-corrected chi connectivity index (χ0v) is 21.1. The quantitative estimate of drug-likeness (QED) is 0.252. The van der Waals surface area contributed by atoms with E-state index in [1.165, 1.54) is 12.1 Å². The molecule has 0 aliphatic carbocycles. The highest BCUT2D eigenvalue weighted by atomic mass is 32.2. The Morgan fingerprint density at radius 2 is 1.89 bits per heavy atom. The fraction of sp³-hybridized carbons (Fsp3) is 0.429. The minimum atomic E-state index is -4.04. The van der Waals surface area contributed by atoms with Crippen molar-refractivity contribution in [3.8, 4) is 0 Å². The Morgan fingerprint density at radius 3 is 2.49 bits per heavy atom. The van der Waals surface area contributed by atoms with Gasteiger partial charge < -0.3 is 10.1 Å². The number of nitrogens with zero attached hydrogens (tertiary/aromatic N) is 2. The van der Waals surface area contributed by atoms with Crippen molar-refractivity contribution in [3.63, 3.8) is 0 Å². The molecule has 0 bridgehead atoms. The summed E-state index contributed by atoms with van der Waals surface area (Å²) in [7, 11) is -4.04. The molecule has 2 amide bonds. The Labute approximate surface area is 206 Å². The van der Waals surface area contributed by atoms with Crippen LogP contribution in [-0.4, -0.2) is 59.5 Å². The van der Waals surface area contributed by atoms with Crippen LogP contribution in [-0.2, 0) is 28.6 Å². The van der Waals surface area contributed by atoms with Crippen LogP contribution in [0.5, 0.6) is 0 Å². The highest BCUT2D eigenvalue weighted by molar-refractivity contribution is 7.86. The van der Waals surface area contributed by atoms with Crippen LogP contribution in [0.15, 0.2) is 29.2 Å². The molecule has 0 saturated carbocycles. The van der Waals surface area contributed by atoms with E-state index in [0.717, 1.165) is 17.1 Å². The Kier molecular flexibility index (Phi) is 7.67. The van der Waals surface area contributed by atoms with E-state index >= 15 is 0 Å². The molecule has 0 spiro atoms. The first-order valence-corrected chi connectivity index (χ1v) is 12.7. The summed E-state index contributed by atoms with van der Waals surface area (Å²) in [6, 6.07) is 5.38. The molecule has 2 heterocycles. The summed E-state index contributed by atoms with van der Waals surface area (Å²) in [5, 5.41) is 13.0. The maximum atomic E-state index is 12.6. The molecule has 0 unspecified atom stereocenters. The number of hydrogen-bond acceptors (Lipinski definition) is 11. The summed E-state index contributed by atoms with van der Waals surface area (Å²) in [4.78, 5) is 40.3. The number of amides is 2. The lowest BCUT2D eigenvalue weighted by Crippen LogP contribution is -2.61. The average Bonchev–Trinajstić information content (AvgIpc) is 3.21. The first kappa shape index (κ1) is 26.4. The third-order valence-corrected chi connectivity index (χ3v) is 6.73. The Hall–Kier alpha value is -3.23. The van der Waals surface area contributed by atoms with Gasteiger partial charge in [-0.1, -0.05) is 17.7 Å². The number of nitrogens with one attached hydrogen (secondary N) is 3. The summed E-state index contributed by atoms with van der Waals surface area (Å²) >= 11 is 0.767. The predicted molar refractivity (Wildman–Crippen MR) is 126 cm³/mol. The number of ether oxygens (including phenoxy) is 1. The lowest BCUT2D eigenvalue weighted by atomic mass is 9.85. The van der Waals surface area contributed by atoms with Crippen molar-refractivity contribution in [3.05, 3.63) is 35.7 Å². The van der Waals surface area contributed by atoms with Gasteiger partial charge in [0.2, 0.25) is 11.0 Å². The second kappa shape index (κ2) is 10.2. The number of ketones is 1. The van der Waals surface area contributed by atoms with Crippen molar-refractivity contribution < 1.29 is 31.7 Å². The highest BCUT2D eigenvalue weighted by Crippen LogP contribution is 2.23. The summed E-state index contributed by atoms with van der Waals surface area (Å²) in [6.07, 6.45) is -1.11. The lowest BCUT2D eigenvalue weighted by molar-refractivity contribution is -0.138. The molecular formula is C21H25N5O7S2. The van der Waals surface area contributed by atoms with Crippen molar-refractivity contribution in [2.24, 2.45) is 5.92 Å². The number of aryl methyl sites for hydroxylation is 1. The van der Waals surface area contributed by atoms with Gasteiger partial charge in [-0.25, -0.2) is 4.79 Å². The second-order valence-electron chi connectivity index (χ2n) is 8.83. The van der Waals surface area contributed by atoms with E-state index in [-0.39, 0.29) is 28.9 Å². The van der Waals surface area contributed by atoms with Crippen LogP contribution in [0.25, 0.3) is 0 Å². The molecule has 188 valence electrons. The monoisotopic (exact) mass is 523 g/mol. The summed E-state index contributed by atoms with van der Waals surface area (Å²) in [6.45, 7) is 6.55. The molecule has 3 N–H and O–H groups in total. The summed E-state index contributed by atoms with van der Waals surface area (Å²) < 4.78 is 38.8. The zero-order chi connectivity index (χ0) is 26.0. The van der Waals surface area contributed by atoms with Crippen molar-refractivity contribution in [2.45, 2.75) is 50.7 Å². The molecule has 2 aromatic rings. The van der Waals surface area contributed by atoms with E-state index in [1.807, 2.05) is 6.92 Å². The van der Waals surface area contributed by atoms with Gasteiger partial charge in [-0.3, -0.25) is 24.5 Å². The minimum absolute atomic E-state index is 0.0199. The van der Waals surface area contributed by atoms with Crippen molar-refractivity contribution in [1.82, 2.24) is 14.7 Å². The summed E-state index contributed by atoms with van der Waals surface area (Å²) in [5.74, 6) is -2.24. The number of benzene rings is 1. The number of aromatic nitrogens is 2. The first-order valence-electron chi connectivity index (χ1n) is 10.5. The molecule has 1 saturated heterocycles. The molecule has 0 radical (unpaired) electrons. The molecule has 14 heteroatoms. The Balaban J connectivity index is 1.55. The number of carbonyl (C=O) groups excluding carboxylic acids is 3. The molecule has 1 fully saturated rings. The van der Waals surface area contributed by atoms with Crippen LogP contribution in [0.2, 0.25) is 0 Å². The van der Waals surface area contributed by atoms with Crippen molar-refractivity contribution >= 4 is 50.3 Å². The molecule has 1 aliphatic rings. The van der Waals surface area contributed by atoms with Gasteiger partial charge in [-0.05, 0) is 39.8 Å². The number of carbonyl (C=O) groups is 3. The Bertz CT molecular complexity index is 1250. The number of rotatable bonds is 9. The third-order valence-electron chi connectivity index (χ3n) is 4.80. The fourth-order valence-electron chi connectivity index (χ4n) is 3.00. The van der Waals surface area contributed by atoms with Crippen molar-refractivity contribution in [1.29, 1.82) is 5.41 Å². The predicted octanol–water partition coefficient (Wildman–Crippen LogP) is 2.04. The lowest BCUT2D eigenvalue weighted by Gasteiger charge is -2.35. The highest BCUT2D eigenvalue weighted by Gasteiger charge is 2.42. The number of hydrogen-bond donors (Lipinski definition) is 3. The molecule has 12 nitrogen and oxygen atoms in total. The second-order valence-corrected chi connectivity index (χ2v) is 11.2. The Morgan fingerprint density at radius 1 is 1.23 bits per heavy atom. The topological polar surface area (TPSA) is 177 Å². The molecule has 3 rings (SSSR count). The smallest absolute Gasteiger partial charge is 0.414 e. The molecule has 1 aromatic carbocycles. The van der Waals surface area contributed by atoms with Gasteiger partial charge in [0, 0.05) is 18.0 Å².